The van der Waals surface area contributed by atoms with Gasteiger partial charge in [-0.1, -0.05) is 18.2 Å². The van der Waals surface area contributed by atoms with Crippen molar-refractivity contribution < 1.29 is 9.18 Å². The highest BCUT2D eigenvalue weighted by atomic mass is 19.1. The molecule has 3 aromatic rings. The Morgan fingerprint density at radius 2 is 2.14 bits per heavy atom. The summed E-state index contributed by atoms with van der Waals surface area (Å²) >= 11 is 0. The van der Waals surface area contributed by atoms with Gasteiger partial charge in [0, 0.05) is 18.3 Å². The van der Waals surface area contributed by atoms with Crippen LogP contribution in [0.2, 0.25) is 0 Å². The van der Waals surface area contributed by atoms with Gasteiger partial charge < -0.3 is 5.32 Å². The Bertz CT molecular complexity index is 810. The third-order valence-corrected chi connectivity index (χ3v) is 3.30. The molecule has 0 aliphatic carbocycles. The first-order chi connectivity index (χ1) is 10.1. The number of benzene rings is 1. The standard InChI is InChI=1S/C16H14FN3O/c1-11-6-7-20-14(10-18-15(20)8-11)16(21)19-9-12-4-2-3-5-13(12)17/h2-8,10H,9H2,1H3,(H,19,21). The summed E-state index contributed by atoms with van der Waals surface area (Å²) in [6, 6.07) is 10.2. The second-order valence-corrected chi connectivity index (χ2v) is 4.85. The van der Waals surface area contributed by atoms with E-state index in [0.717, 1.165) is 5.56 Å². The Morgan fingerprint density at radius 3 is 2.95 bits per heavy atom. The van der Waals surface area contributed by atoms with Crippen LogP contribution in [0.3, 0.4) is 0 Å². The predicted octanol–water partition coefficient (Wildman–Crippen LogP) is 2.71. The third kappa shape index (κ3) is 2.63. The van der Waals surface area contributed by atoms with E-state index in [-0.39, 0.29) is 18.3 Å². The van der Waals surface area contributed by atoms with Crippen molar-refractivity contribution in [2.75, 3.05) is 0 Å². The van der Waals surface area contributed by atoms with Crippen molar-refractivity contribution in [1.29, 1.82) is 0 Å². The fourth-order valence-electron chi connectivity index (χ4n) is 2.16. The van der Waals surface area contributed by atoms with E-state index in [4.69, 9.17) is 0 Å². The maximum Gasteiger partial charge on any atom is 0.270 e. The molecule has 0 bridgehead atoms. The summed E-state index contributed by atoms with van der Waals surface area (Å²) in [5.41, 5.74) is 2.68. The molecule has 0 radical (unpaired) electrons. The lowest BCUT2D eigenvalue weighted by Gasteiger charge is -2.06. The lowest BCUT2D eigenvalue weighted by Crippen LogP contribution is -2.24. The number of amides is 1. The first-order valence-electron chi connectivity index (χ1n) is 6.60. The number of fused-ring (bicyclic) bond motifs is 1. The van der Waals surface area contributed by atoms with Crippen molar-refractivity contribution in [3.05, 3.63) is 71.4 Å². The quantitative estimate of drug-likeness (QED) is 0.803. The average Bonchev–Trinajstić information content (AvgIpc) is 2.89. The monoisotopic (exact) mass is 283 g/mol. The minimum Gasteiger partial charge on any atom is -0.347 e. The molecule has 1 N–H and O–H groups in total. The number of hydrogen-bond acceptors (Lipinski definition) is 2. The molecule has 1 amide bonds. The summed E-state index contributed by atoms with van der Waals surface area (Å²) < 4.78 is 15.2. The molecule has 0 unspecified atom stereocenters. The summed E-state index contributed by atoms with van der Waals surface area (Å²) in [5.74, 6) is -0.610. The van der Waals surface area contributed by atoms with Gasteiger partial charge in [-0.3, -0.25) is 9.20 Å². The lowest BCUT2D eigenvalue weighted by atomic mass is 10.2. The number of aryl methyl sites for hydroxylation is 1. The van der Waals surface area contributed by atoms with Crippen LogP contribution in [0.1, 0.15) is 21.6 Å². The molecule has 0 spiro atoms. The molecule has 106 valence electrons. The predicted molar refractivity (Wildman–Crippen MR) is 77.5 cm³/mol. The SMILES string of the molecule is Cc1ccn2c(C(=O)NCc3ccccc3F)cnc2c1. The Kier molecular flexibility index (Phi) is 3.39. The molecule has 5 heteroatoms. The smallest absolute Gasteiger partial charge is 0.270 e. The summed E-state index contributed by atoms with van der Waals surface area (Å²) in [5, 5.41) is 2.71. The fraction of sp³-hybridized carbons (Fsp3) is 0.125. The minimum atomic E-state index is -0.327. The van der Waals surface area contributed by atoms with E-state index in [2.05, 4.69) is 10.3 Å². The highest BCUT2D eigenvalue weighted by Gasteiger charge is 2.12. The van der Waals surface area contributed by atoms with E-state index in [1.807, 2.05) is 19.1 Å². The van der Waals surface area contributed by atoms with Gasteiger partial charge in [0.25, 0.3) is 5.91 Å². The van der Waals surface area contributed by atoms with Crippen LogP contribution in [-0.2, 0) is 6.54 Å². The van der Waals surface area contributed by atoms with Crippen LogP contribution in [-0.4, -0.2) is 15.3 Å². The molecular formula is C16H14FN3O. The summed E-state index contributed by atoms with van der Waals surface area (Å²) in [6.45, 7) is 2.11. The largest absolute Gasteiger partial charge is 0.347 e. The molecule has 0 saturated carbocycles. The second-order valence-electron chi connectivity index (χ2n) is 4.85. The Labute approximate surface area is 121 Å². The number of aromatic nitrogens is 2. The van der Waals surface area contributed by atoms with E-state index in [0.29, 0.717) is 16.9 Å². The molecule has 21 heavy (non-hydrogen) atoms. The number of pyridine rings is 1. The Hall–Kier alpha value is -2.69. The molecule has 2 heterocycles. The van der Waals surface area contributed by atoms with Gasteiger partial charge in [-0.25, -0.2) is 9.37 Å². The summed E-state index contributed by atoms with van der Waals surface area (Å²) in [7, 11) is 0. The Balaban J connectivity index is 1.80. The molecule has 4 nitrogen and oxygen atoms in total. The molecule has 0 atom stereocenters. The van der Waals surface area contributed by atoms with Crippen LogP contribution in [0.5, 0.6) is 0 Å². The minimum absolute atomic E-state index is 0.143. The first kappa shape index (κ1) is 13.3. The first-order valence-corrected chi connectivity index (χ1v) is 6.60. The number of carbonyl (C=O) groups excluding carboxylic acids is 1. The van der Waals surface area contributed by atoms with Gasteiger partial charge in [-0.2, -0.15) is 0 Å². The van der Waals surface area contributed by atoms with Crippen molar-refractivity contribution in [3.8, 4) is 0 Å². The van der Waals surface area contributed by atoms with E-state index < -0.39 is 0 Å². The van der Waals surface area contributed by atoms with Crippen molar-refractivity contribution in [3.63, 3.8) is 0 Å². The van der Waals surface area contributed by atoms with Gasteiger partial charge in [0.1, 0.15) is 17.2 Å². The van der Waals surface area contributed by atoms with Gasteiger partial charge in [-0.05, 0) is 30.7 Å². The van der Waals surface area contributed by atoms with Crippen LogP contribution < -0.4 is 5.32 Å². The highest BCUT2D eigenvalue weighted by Crippen LogP contribution is 2.10. The number of imidazole rings is 1. The van der Waals surface area contributed by atoms with Crippen molar-refractivity contribution >= 4 is 11.6 Å². The number of nitrogens with zero attached hydrogens (tertiary/aromatic N) is 2. The number of rotatable bonds is 3. The molecule has 0 saturated heterocycles. The maximum atomic E-state index is 13.5. The zero-order chi connectivity index (χ0) is 14.8. The van der Waals surface area contributed by atoms with Crippen LogP contribution in [0.4, 0.5) is 4.39 Å². The number of carbonyl (C=O) groups is 1. The van der Waals surface area contributed by atoms with Gasteiger partial charge >= 0.3 is 0 Å². The molecule has 0 aliphatic rings. The summed E-state index contributed by atoms with van der Waals surface area (Å²) in [6.07, 6.45) is 3.32. The van der Waals surface area contributed by atoms with Crippen LogP contribution in [0.15, 0.2) is 48.8 Å². The van der Waals surface area contributed by atoms with Gasteiger partial charge in [0.2, 0.25) is 0 Å². The third-order valence-electron chi connectivity index (χ3n) is 3.30. The molecule has 0 aliphatic heterocycles. The number of halogens is 1. The zero-order valence-corrected chi connectivity index (χ0v) is 11.5. The van der Waals surface area contributed by atoms with E-state index >= 15 is 0 Å². The summed E-state index contributed by atoms with van der Waals surface area (Å²) in [4.78, 5) is 16.4. The second kappa shape index (κ2) is 5.36. The van der Waals surface area contributed by atoms with Crippen LogP contribution in [0.25, 0.3) is 5.65 Å². The van der Waals surface area contributed by atoms with Gasteiger partial charge in [0.15, 0.2) is 0 Å². The average molecular weight is 283 g/mol. The van der Waals surface area contributed by atoms with E-state index in [1.165, 1.54) is 12.3 Å². The van der Waals surface area contributed by atoms with Gasteiger partial charge in [0.05, 0.1) is 6.20 Å². The maximum absolute atomic E-state index is 13.5. The normalized spacial score (nSPS) is 10.8. The van der Waals surface area contributed by atoms with Crippen LogP contribution in [0, 0.1) is 12.7 Å². The topological polar surface area (TPSA) is 46.4 Å². The molecule has 2 aromatic heterocycles. The Morgan fingerprint density at radius 1 is 1.33 bits per heavy atom. The highest BCUT2D eigenvalue weighted by molar-refractivity contribution is 5.93. The van der Waals surface area contributed by atoms with Crippen molar-refractivity contribution in [2.45, 2.75) is 13.5 Å². The van der Waals surface area contributed by atoms with E-state index in [1.54, 1.807) is 28.8 Å². The fourth-order valence-corrected chi connectivity index (χ4v) is 2.16. The molecular weight excluding hydrogens is 269 g/mol. The zero-order valence-electron chi connectivity index (χ0n) is 11.5. The molecule has 3 rings (SSSR count). The lowest BCUT2D eigenvalue weighted by molar-refractivity contribution is 0.0944. The van der Waals surface area contributed by atoms with Gasteiger partial charge in [-0.15, -0.1) is 0 Å². The van der Waals surface area contributed by atoms with Crippen molar-refractivity contribution in [1.82, 2.24) is 14.7 Å². The van der Waals surface area contributed by atoms with Crippen molar-refractivity contribution in [2.24, 2.45) is 0 Å². The van der Waals surface area contributed by atoms with Crippen LogP contribution >= 0.6 is 0 Å². The molecule has 0 fully saturated rings. The number of nitrogens with one attached hydrogen (secondary N) is 1. The molecule has 1 aromatic carbocycles. The number of hydrogen-bond donors (Lipinski definition) is 1. The van der Waals surface area contributed by atoms with E-state index in [9.17, 15) is 9.18 Å².